The average Bonchev–Trinajstić information content (AvgIpc) is 2.24. The molecular formula is C14H18O3. The van der Waals surface area contributed by atoms with E-state index in [1.807, 2.05) is 51.1 Å². The first kappa shape index (κ1) is 13.4. The van der Waals surface area contributed by atoms with Gasteiger partial charge in [0.15, 0.2) is 0 Å². The third-order valence-corrected chi connectivity index (χ3v) is 2.20. The van der Waals surface area contributed by atoms with Crippen molar-refractivity contribution >= 4 is 12.3 Å². The van der Waals surface area contributed by atoms with E-state index >= 15 is 0 Å². The largest absolute Gasteiger partial charge is 0.460 e. The third kappa shape index (κ3) is 4.81. The van der Waals surface area contributed by atoms with E-state index in [1.165, 1.54) is 0 Å². The highest BCUT2D eigenvalue weighted by atomic mass is 16.6. The van der Waals surface area contributed by atoms with Crippen molar-refractivity contribution in [2.24, 2.45) is 0 Å². The summed E-state index contributed by atoms with van der Waals surface area (Å²) in [5, 5.41) is 0. The summed E-state index contributed by atoms with van der Waals surface area (Å²) in [6.07, 6.45) is 0.879. The van der Waals surface area contributed by atoms with Gasteiger partial charge in [-0.05, 0) is 26.3 Å². The molecule has 0 aliphatic rings. The van der Waals surface area contributed by atoms with Crippen molar-refractivity contribution in [3.63, 3.8) is 0 Å². The van der Waals surface area contributed by atoms with Crippen molar-refractivity contribution in [3.8, 4) is 0 Å². The first-order chi connectivity index (χ1) is 7.92. The Kier molecular flexibility index (Phi) is 4.44. The monoisotopic (exact) mass is 234 g/mol. The standard InChI is InChI=1S/C14H18O3/c1-14(2,3)17-13(16)9-12(10-15)11-7-5-4-6-8-11/h4-8,10,12H,9H2,1-3H3/t12-/m1/s1. The van der Waals surface area contributed by atoms with Gasteiger partial charge in [-0.2, -0.15) is 0 Å². The van der Waals surface area contributed by atoms with E-state index in [4.69, 9.17) is 4.74 Å². The van der Waals surface area contributed by atoms with Crippen LogP contribution in [0.3, 0.4) is 0 Å². The number of hydrogen-bond donors (Lipinski definition) is 0. The van der Waals surface area contributed by atoms with Crippen LogP contribution in [0.25, 0.3) is 0 Å². The van der Waals surface area contributed by atoms with Gasteiger partial charge in [0, 0.05) is 0 Å². The summed E-state index contributed by atoms with van der Waals surface area (Å²) in [5.41, 5.74) is 0.328. The number of carbonyl (C=O) groups excluding carboxylic acids is 2. The van der Waals surface area contributed by atoms with Gasteiger partial charge < -0.3 is 9.53 Å². The van der Waals surface area contributed by atoms with Crippen molar-refractivity contribution in [3.05, 3.63) is 35.9 Å². The Morgan fingerprint density at radius 2 is 1.88 bits per heavy atom. The highest BCUT2D eigenvalue weighted by Gasteiger charge is 2.21. The maximum atomic E-state index is 11.6. The van der Waals surface area contributed by atoms with Gasteiger partial charge in [-0.25, -0.2) is 0 Å². The minimum atomic E-state index is -0.513. The molecule has 0 saturated carbocycles. The molecule has 0 aromatic heterocycles. The fourth-order valence-corrected chi connectivity index (χ4v) is 1.51. The highest BCUT2D eigenvalue weighted by molar-refractivity contribution is 5.77. The van der Waals surface area contributed by atoms with Crippen molar-refractivity contribution in [2.75, 3.05) is 0 Å². The Bertz CT molecular complexity index is 376. The number of esters is 1. The maximum absolute atomic E-state index is 11.6. The van der Waals surface area contributed by atoms with E-state index in [0.29, 0.717) is 0 Å². The van der Waals surface area contributed by atoms with Gasteiger partial charge in [-0.3, -0.25) is 4.79 Å². The van der Waals surface area contributed by atoms with Gasteiger partial charge in [0.2, 0.25) is 0 Å². The maximum Gasteiger partial charge on any atom is 0.307 e. The Labute approximate surface area is 102 Å². The lowest BCUT2D eigenvalue weighted by Gasteiger charge is -2.20. The van der Waals surface area contributed by atoms with Crippen LogP contribution in [0.5, 0.6) is 0 Å². The molecule has 0 N–H and O–H groups in total. The number of aldehydes is 1. The van der Waals surface area contributed by atoms with Crippen LogP contribution in [0.2, 0.25) is 0 Å². The molecule has 92 valence electrons. The zero-order valence-corrected chi connectivity index (χ0v) is 10.5. The number of benzene rings is 1. The lowest BCUT2D eigenvalue weighted by Crippen LogP contribution is -2.25. The second kappa shape index (κ2) is 5.62. The van der Waals surface area contributed by atoms with Gasteiger partial charge in [-0.1, -0.05) is 30.3 Å². The van der Waals surface area contributed by atoms with E-state index in [2.05, 4.69) is 0 Å². The van der Waals surface area contributed by atoms with Gasteiger partial charge in [0.25, 0.3) is 0 Å². The van der Waals surface area contributed by atoms with Crippen LogP contribution < -0.4 is 0 Å². The van der Waals surface area contributed by atoms with E-state index < -0.39 is 11.5 Å². The smallest absolute Gasteiger partial charge is 0.307 e. The lowest BCUT2D eigenvalue weighted by atomic mass is 9.97. The molecule has 3 heteroatoms. The number of ether oxygens (including phenoxy) is 1. The summed E-state index contributed by atoms with van der Waals surface area (Å²) >= 11 is 0. The highest BCUT2D eigenvalue weighted by Crippen LogP contribution is 2.19. The molecule has 0 unspecified atom stereocenters. The molecule has 1 aromatic carbocycles. The molecule has 0 radical (unpaired) electrons. The quantitative estimate of drug-likeness (QED) is 0.594. The van der Waals surface area contributed by atoms with E-state index in [0.717, 1.165) is 11.8 Å². The van der Waals surface area contributed by atoms with Crippen LogP contribution in [-0.4, -0.2) is 17.9 Å². The number of rotatable bonds is 4. The van der Waals surface area contributed by atoms with Crippen molar-refractivity contribution in [1.29, 1.82) is 0 Å². The van der Waals surface area contributed by atoms with Crippen LogP contribution in [0.1, 0.15) is 38.7 Å². The van der Waals surface area contributed by atoms with Crippen LogP contribution in [0.4, 0.5) is 0 Å². The summed E-state index contributed by atoms with van der Waals surface area (Å²) in [6.45, 7) is 5.43. The molecule has 0 aliphatic heterocycles. The zero-order chi connectivity index (χ0) is 12.9. The second-order valence-corrected chi connectivity index (χ2v) is 4.94. The molecule has 1 atom stereocenters. The molecule has 0 fully saturated rings. The topological polar surface area (TPSA) is 43.4 Å². The van der Waals surface area contributed by atoms with Gasteiger partial charge in [0.05, 0.1) is 12.3 Å². The molecule has 0 aliphatic carbocycles. The fourth-order valence-electron chi connectivity index (χ4n) is 1.51. The Balaban J connectivity index is 2.66. The summed E-state index contributed by atoms with van der Waals surface area (Å²) in [4.78, 5) is 22.6. The van der Waals surface area contributed by atoms with Crippen LogP contribution in [0, 0.1) is 0 Å². The second-order valence-electron chi connectivity index (χ2n) is 4.94. The normalized spacial score (nSPS) is 12.9. The molecule has 1 rings (SSSR count). The Hall–Kier alpha value is -1.64. The molecule has 17 heavy (non-hydrogen) atoms. The van der Waals surface area contributed by atoms with Crippen molar-refractivity contribution in [1.82, 2.24) is 0 Å². The lowest BCUT2D eigenvalue weighted by molar-refractivity contribution is -0.155. The minimum Gasteiger partial charge on any atom is -0.460 e. The molecule has 0 spiro atoms. The number of hydrogen-bond acceptors (Lipinski definition) is 3. The minimum absolute atomic E-state index is 0.0881. The molecular weight excluding hydrogens is 216 g/mol. The average molecular weight is 234 g/mol. The van der Waals surface area contributed by atoms with Crippen LogP contribution >= 0.6 is 0 Å². The molecule has 0 bridgehead atoms. The Morgan fingerprint density at radius 1 is 1.29 bits per heavy atom. The fraction of sp³-hybridized carbons (Fsp3) is 0.429. The van der Waals surface area contributed by atoms with E-state index in [1.54, 1.807) is 0 Å². The van der Waals surface area contributed by atoms with Gasteiger partial charge >= 0.3 is 5.97 Å². The molecule has 0 heterocycles. The third-order valence-electron chi connectivity index (χ3n) is 2.20. The van der Waals surface area contributed by atoms with Crippen molar-refractivity contribution < 1.29 is 14.3 Å². The van der Waals surface area contributed by atoms with E-state index in [-0.39, 0.29) is 12.4 Å². The summed E-state index contributed by atoms with van der Waals surface area (Å²) in [5.74, 6) is -0.774. The Morgan fingerprint density at radius 3 is 2.35 bits per heavy atom. The molecule has 3 nitrogen and oxygen atoms in total. The first-order valence-corrected chi connectivity index (χ1v) is 5.64. The predicted molar refractivity (Wildman–Crippen MR) is 65.7 cm³/mol. The molecule has 1 aromatic rings. The van der Waals surface area contributed by atoms with E-state index in [9.17, 15) is 9.59 Å². The molecule has 0 amide bonds. The van der Waals surface area contributed by atoms with Crippen LogP contribution in [0.15, 0.2) is 30.3 Å². The van der Waals surface area contributed by atoms with Crippen molar-refractivity contribution in [2.45, 2.75) is 38.7 Å². The van der Waals surface area contributed by atoms with Gasteiger partial charge in [0.1, 0.15) is 11.9 Å². The van der Waals surface area contributed by atoms with Gasteiger partial charge in [-0.15, -0.1) is 0 Å². The molecule has 0 saturated heterocycles. The summed E-state index contributed by atoms with van der Waals surface area (Å²) in [6, 6.07) is 9.24. The predicted octanol–water partition coefficient (Wildman–Crippen LogP) is 2.70. The first-order valence-electron chi connectivity index (χ1n) is 5.64. The summed E-state index contributed by atoms with van der Waals surface area (Å²) < 4.78 is 5.19. The zero-order valence-electron chi connectivity index (χ0n) is 10.5. The van der Waals surface area contributed by atoms with Crippen LogP contribution in [-0.2, 0) is 14.3 Å². The number of carbonyl (C=O) groups is 2. The SMILES string of the molecule is CC(C)(C)OC(=O)C[C@H](C=O)c1ccccc1. The summed E-state index contributed by atoms with van der Waals surface area (Å²) in [7, 11) is 0.